The number of hydrogen-bond donors (Lipinski definition) is 2. The number of halogens is 4. The van der Waals surface area contributed by atoms with Crippen molar-refractivity contribution in [2.24, 2.45) is 0 Å². The highest BCUT2D eigenvalue weighted by molar-refractivity contribution is 5.47. The first-order valence-electron chi connectivity index (χ1n) is 4.71. The zero-order chi connectivity index (χ0) is 13.0. The SMILES string of the molecule is Nc1nc(N(CCO)CC(F)F)c(F)cc1F. The Morgan fingerprint density at radius 3 is 2.53 bits per heavy atom. The number of nitrogen functional groups attached to an aromatic ring is 1. The standard InChI is InChI=1S/C9H11F4N3O/c10-5-3-6(11)9(15-8(5)14)16(1-2-17)4-7(12)13/h3,7,17H,1-2,4H2,(H2,14,15). The molecule has 0 atom stereocenters. The molecule has 1 rings (SSSR count). The summed E-state index contributed by atoms with van der Waals surface area (Å²) in [6, 6.07) is 0.466. The van der Waals surface area contributed by atoms with E-state index in [1.54, 1.807) is 0 Å². The highest BCUT2D eigenvalue weighted by atomic mass is 19.3. The van der Waals surface area contributed by atoms with Gasteiger partial charge in [0.15, 0.2) is 23.3 Å². The Morgan fingerprint density at radius 2 is 2.00 bits per heavy atom. The van der Waals surface area contributed by atoms with Gasteiger partial charge < -0.3 is 15.7 Å². The summed E-state index contributed by atoms with van der Waals surface area (Å²) in [5, 5.41) is 8.68. The molecular formula is C9H11F4N3O. The molecule has 0 aliphatic carbocycles. The molecule has 4 nitrogen and oxygen atoms in total. The average Bonchev–Trinajstić information content (AvgIpc) is 2.22. The van der Waals surface area contributed by atoms with E-state index >= 15 is 0 Å². The van der Waals surface area contributed by atoms with Gasteiger partial charge >= 0.3 is 0 Å². The van der Waals surface area contributed by atoms with Gasteiger partial charge in [0.25, 0.3) is 6.43 Å². The van der Waals surface area contributed by atoms with Crippen LogP contribution in [0.1, 0.15) is 0 Å². The number of alkyl halides is 2. The first-order chi connectivity index (χ1) is 7.95. The van der Waals surface area contributed by atoms with E-state index in [-0.39, 0.29) is 6.54 Å². The van der Waals surface area contributed by atoms with Crippen LogP contribution in [-0.4, -0.2) is 36.2 Å². The highest BCUT2D eigenvalue weighted by Crippen LogP contribution is 2.21. The van der Waals surface area contributed by atoms with Crippen LogP contribution in [0, 0.1) is 11.6 Å². The highest BCUT2D eigenvalue weighted by Gasteiger charge is 2.19. The molecule has 96 valence electrons. The van der Waals surface area contributed by atoms with E-state index in [2.05, 4.69) is 4.98 Å². The summed E-state index contributed by atoms with van der Waals surface area (Å²) in [7, 11) is 0. The van der Waals surface area contributed by atoms with Crippen molar-refractivity contribution < 1.29 is 22.7 Å². The third-order valence-electron chi connectivity index (χ3n) is 1.97. The molecule has 8 heteroatoms. The molecule has 0 aliphatic rings. The first kappa shape index (κ1) is 13.5. The largest absolute Gasteiger partial charge is 0.395 e. The predicted molar refractivity (Wildman–Crippen MR) is 53.9 cm³/mol. The van der Waals surface area contributed by atoms with Crippen LogP contribution in [0.4, 0.5) is 29.2 Å². The summed E-state index contributed by atoms with van der Waals surface area (Å²) in [5.41, 5.74) is 5.12. The average molecular weight is 253 g/mol. The number of nitrogens with zero attached hydrogens (tertiary/aromatic N) is 2. The van der Waals surface area contributed by atoms with Gasteiger partial charge in [0, 0.05) is 12.6 Å². The molecule has 1 heterocycles. The summed E-state index contributed by atoms with van der Waals surface area (Å²) in [6.07, 6.45) is -2.74. The van der Waals surface area contributed by atoms with Crippen molar-refractivity contribution in [3.63, 3.8) is 0 Å². The molecule has 17 heavy (non-hydrogen) atoms. The van der Waals surface area contributed by atoms with Crippen LogP contribution in [0.25, 0.3) is 0 Å². The van der Waals surface area contributed by atoms with Crippen molar-refractivity contribution in [3.05, 3.63) is 17.7 Å². The third-order valence-corrected chi connectivity index (χ3v) is 1.97. The molecule has 1 aromatic heterocycles. The lowest BCUT2D eigenvalue weighted by Gasteiger charge is -2.22. The number of pyridine rings is 1. The monoisotopic (exact) mass is 253 g/mol. The first-order valence-corrected chi connectivity index (χ1v) is 4.71. The molecule has 0 spiro atoms. The number of anilines is 2. The summed E-state index contributed by atoms with van der Waals surface area (Å²) in [5.74, 6) is -3.25. The summed E-state index contributed by atoms with van der Waals surface area (Å²) in [4.78, 5) is 4.15. The molecule has 0 amide bonds. The number of hydrogen-bond acceptors (Lipinski definition) is 4. The van der Waals surface area contributed by atoms with Crippen molar-refractivity contribution in [2.45, 2.75) is 6.43 Å². The molecule has 0 aromatic carbocycles. The van der Waals surface area contributed by atoms with E-state index in [9.17, 15) is 17.6 Å². The van der Waals surface area contributed by atoms with E-state index in [4.69, 9.17) is 10.8 Å². The zero-order valence-electron chi connectivity index (χ0n) is 8.71. The molecule has 0 unspecified atom stereocenters. The second-order valence-corrected chi connectivity index (χ2v) is 3.22. The Hall–Kier alpha value is -1.57. The fourth-order valence-corrected chi connectivity index (χ4v) is 1.26. The predicted octanol–water partition coefficient (Wildman–Crippen LogP) is 1.01. The summed E-state index contributed by atoms with van der Waals surface area (Å²) >= 11 is 0. The molecule has 0 saturated heterocycles. The number of aromatic nitrogens is 1. The molecule has 0 radical (unpaired) electrons. The van der Waals surface area contributed by atoms with Crippen LogP contribution in [0.5, 0.6) is 0 Å². The second-order valence-electron chi connectivity index (χ2n) is 3.22. The van der Waals surface area contributed by atoms with E-state index in [0.29, 0.717) is 6.07 Å². The Balaban J connectivity index is 3.04. The maximum atomic E-state index is 13.3. The molecule has 1 aromatic rings. The van der Waals surface area contributed by atoms with Gasteiger partial charge in [0.05, 0.1) is 13.2 Å². The molecule has 0 bridgehead atoms. The molecular weight excluding hydrogens is 242 g/mol. The smallest absolute Gasteiger partial charge is 0.255 e. The third kappa shape index (κ3) is 3.45. The quantitative estimate of drug-likeness (QED) is 0.769. The van der Waals surface area contributed by atoms with Gasteiger partial charge in [-0.15, -0.1) is 0 Å². The summed E-state index contributed by atoms with van der Waals surface area (Å²) < 4.78 is 50.6. The fourth-order valence-electron chi connectivity index (χ4n) is 1.26. The van der Waals surface area contributed by atoms with Crippen molar-refractivity contribution >= 4 is 11.6 Å². The topological polar surface area (TPSA) is 62.4 Å². The van der Waals surface area contributed by atoms with Gasteiger partial charge in [0.2, 0.25) is 0 Å². The Labute approximate surface area is 94.7 Å². The van der Waals surface area contributed by atoms with Gasteiger partial charge in [-0.25, -0.2) is 22.5 Å². The van der Waals surface area contributed by atoms with Gasteiger partial charge in [-0.1, -0.05) is 0 Å². The van der Waals surface area contributed by atoms with Crippen LogP contribution < -0.4 is 10.6 Å². The molecule has 0 aliphatic heterocycles. The normalized spacial score (nSPS) is 10.9. The molecule has 3 N–H and O–H groups in total. The van der Waals surface area contributed by atoms with E-state index in [1.807, 2.05) is 0 Å². The minimum atomic E-state index is -2.74. The second kappa shape index (κ2) is 5.67. The minimum absolute atomic E-state index is 0.251. The van der Waals surface area contributed by atoms with E-state index < -0.39 is 42.8 Å². The van der Waals surface area contributed by atoms with Crippen molar-refractivity contribution in [2.75, 3.05) is 30.3 Å². The maximum Gasteiger partial charge on any atom is 0.255 e. The summed E-state index contributed by atoms with van der Waals surface area (Å²) in [6.45, 7) is -1.54. The lowest BCUT2D eigenvalue weighted by Crippen LogP contribution is -2.33. The number of nitrogens with two attached hydrogens (primary N) is 1. The van der Waals surface area contributed by atoms with Crippen LogP contribution in [0.2, 0.25) is 0 Å². The molecule has 0 saturated carbocycles. The van der Waals surface area contributed by atoms with Gasteiger partial charge in [0.1, 0.15) is 0 Å². The van der Waals surface area contributed by atoms with E-state index in [0.717, 1.165) is 4.90 Å². The molecule has 0 fully saturated rings. The van der Waals surface area contributed by atoms with Crippen LogP contribution in [0.15, 0.2) is 6.07 Å². The lowest BCUT2D eigenvalue weighted by atomic mass is 10.3. The van der Waals surface area contributed by atoms with Crippen molar-refractivity contribution in [1.29, 1.82) is 0 Å². The zero-order valence-corrected chi connectivity index (χ0v) is 8.71. The maximum absolute atomic E-state index is 13.3. The van der Waals surface area contributed by atoms with Crippen molar-refractivity contribution in [3.8, 4) is 0 Å². The van der Waals surface area contributed by atoms with Gasteiger partial charge in [-0.3, -0.25) is 0 Å². The minimum Gasteiger partial charge on any atom is -0.395 e. The lowest BCUT2D eigenvalue weighted by molar-refractivity contribution is 0.152. The number of rotatable bonds is 5. The van der Waals surface area contributed by atoms with E-state index in [1.165, 1.54) is 0 Å². The Kier molecular flexibility index (Phi) is 4.50. The van der Waals surface area contributed by atoms with Crippen molar-refractivity contribution in [1.82, 2.24) is 4.98 Å². The Morgan fingerprint density at radius 1 is 1.35 bits per heavy atom. The van der Waals surface area contributed by atoms with Crippen LogP contribution in [0.3, 0.4) is 0 Å². The Bertz CT molecular complexity index is 389. The van der Waals surface area contributed by atoms with Crippen LogP contribution >= 0.6 is 0 Å². The van der Waals surface area contributed by atoms with Gasteiger partial charge in [-0.2, -0.15) is 0 Å². The number of aliphatic hydroxyl groups is 1. The fraction of sp³-hybridized carbons (Fsp3) is 0.444. The number of aliphatic hydroxyl groups excluding tert-OH is 1. The van der Waals surface area contributed by atoms with Gasteiger partial charge in [-0.05, 0) is 0 Å². The van der Waals surface area contributed by atoms with Crippen LogP contribution in [-0.2, 0) is 0 Å².